The largest absolute Gasteiger partial charge is 0.478 e. The van der Waals surface area contributed by atoms with Gasteiger partial charge in [0, 0.05) is 19.7 Å². The van der Waals surface area contributed by atoms with Gasteiger partial charge in [-0.3, -0.25) is 0 Å². The fourth-order valence-electron chi connectivity index (χ4n) is 2.02. The lowest BCUT2D eigenvalue weighted by molar-refractivity contribution is 0.0697. The van der Waals surface area contributed by atoms with Crippen LogP contribution in [0, 0.1) is 0 Å². The van der Waals surface area contributed by atoms with Crippen LogP contribution in [-0.2, 0) is 11.3 Å². The van der Waals surface area contributed by atoms with Crippen molar-refractivity contribution in [3.8, 4) is 0 Å². The van der Waals surface area contributed by atoms with E-state index in [4.69, 9.17) is 22.1 Å². The van der Waals surface area contributed by atoms with Crippen LogP contribution in [0.4, 0.5) is 0 Å². The van der Waals surface area contributed by atoms with Crippen molar-refractivity contribution in [2.45, 2.75) is 25.5 Å². The first-order valence-corrected chi connectivity index (χ1v) is 7.01. The molecule has 1 aromatic carbocycles. The maximum atomic E-state index is 10.7. The van der Waals surface area contributed by atoms with Crippen molar-refractivity contribution >= 4 is 23.3 Å². The Morgan fingerprint density at radius 1 is 1.35 bits per heavy atom. The number of thiocarbonyl (C=S) groups is 1. The summed E-state index contributed by atoms with van der Waals surface area (Å²) < 4.78 is 5.50. The molecule has 1 saturated heterocycles. The smallest absolute Gasteiger partial charge is 0.335 e. The van der Waals surface area contributed by atoms with Crippen LogP contribution in [0.1, 0.15) is 28.8 Å². The van der Waals surface area contributed by atoms with E-state index in [1.807, 2.05) is 0 Å². The third kappa shape index (κ3) is 4.47. The summed E-state index contributed by atoms with van der Waals surface area (Å²) in [5, 5.41) is 15.6. The molecule has 0 radical (unpaired) electrons. The summed E-state index contributed by atoms with van der Waals surface area (Å²) in [5.74, 6) is -0.918. The molecule has 1 fully saturated rings. The van der Waals surface area contributed by atoms with E-state index in [1.165, 1.54) is 0 Å². The van der Waals surface area contributed by atoms with Gasteiger partial charge in [0.1, 0.15) is 0 Å². The summed E-state index contributed by atoms with van der Waals surface area (Å²) in [4.78, 5) is 10.7. The number of rotatable bonds is 5. The first-order valence-electron chi connectivity index (χ1n) is 6.60. The lowest BCUT2D eigenvalue weighted by Gasteiger charge is -2.14. The number of ether oxygens (including phenoxy) is 1. The molecular formula is C14H18N2O3S. The quantitative estimate of drug-likeness (QED) is 0.715. The Labute approximate surface area is 123 Å². The molecule has 0 aromatic heterocycles. The topological polar surface area (TPSA) is 70.6 Å². The van der Waals surface area contributed by atoms with E-state index >= 15 is 0 Å². The van der Waals surface area contributed by atoms with E-state index in [2.05, 4.69) is 10.6 Å². The maximum Gasteiger partial charge on any atom is 0.335 e. The van der Waals surface area contributed by atoms with Gasteiger partial charge in [0.25, 0.3) is 0 Å². The molecule has 20 heavy (non-hydrogen) atoms. The highest BCUT2D eigenvalue weighted by Crippen LogP contribution is 2.10. The van der Waals surface area contributed by atoms with Gasteiger partial charge < -0.3 is 20.5 Å². The molecule has 108 valence electrons. The van der Waals surface area contributed by atoms with Crippen LogP contribution >= 0.6 is 12.2 Å². The van der Waals surface area contributed by atoms with Crippen LogP contribution in [0.2, 0.25) is 0 Å². The molecule has 5 nitrogen and oxygen atoms in total. The number of hydrogen-bond donors (Lipinski definition) is 3. The highest BCUT2D eigenvalue weighted by Gasteiger charge is 2.15. The summed E-state index contributed by atoms with van der Waals surface area (Å²) in [6, 6.07) is 6.72. The molecule has 0 amide bonds. The van der Waals surface area contributed by atoms with E-state index < -0.39 is 5.97 Å². The lowest BCUT2D eigenvalue weighted by atomic mass is 10.1. The third-order valence-electron chi connectivity index (χ3n) is 3.17. The predicted molar refractivity (Wildman–Crippen MR) is 79.8 cm³/mol. The van der Waals surface area contributed by atoms with E-state index in [-0.39, 0.29) is 11.7 Å². The first kappa shape index (κ1) is 14.7. The Hall–Kier alpha value is -1.66. The Bertz CT molecular complexity index is 470. The van der Waals surface area contributed by atoms with Crippen LogP contribution < -0.4 is 10.6 Å². The van der Waals surface area contributed by atoms with Gasteiger partial charge in [-0.15, -0.1) is 0 Å². The van der Waals surface area contributed by atoms with Gasteiger partial charge in [-0.25, -0.2) is 4.79 Å². The van der Waals surface area contributed by atoms with Crippen LogP contribution in [0.3, 0.4) is 0 Å². The number of hydrogen-bond acceptors (Lipinski definition) is 3. The zero-order valence-corrected chi connectivity index (χ0v) is 11.9. The maximum absolute atomic E-state index is 10.7. The summed E-state index contributed by atoms with van der Waals surface area (Å²) in [6.07, 6.45) is 2.44. The van der Waals surface area contributed by atoms with Crippen LogP contribution in [0.5, 0.6) is 0 Å². The molecule has 3 N–H and O–H groups in total. The van der Waals surface area contributed by atoms with Crippen molar-refractivity contribution in [2.24, 2.45) is 0 Å². The van der Waals surface area contributed by atoms with Crippen molar-refractivity contribution in [1.29, 1.82) is 0 Å². The number of benzene rings is 1. The Kier molecular flexibility index (Phi) is 5.31. The SMILES string of the molecule is O=C(O)c1ccc(CNC(=S)NCC2CCCO2)cc1. The summed E-state index contributed by atoms with van der Waals surface area (Å²) in [7, 11) is 0. The van der Waals surface area contributed by atoms with Crippen molar-refractivity contribution in [3.63, 3.8) is 0 Å². The van der Waals surface area contributed by atoms with Crippen LogP contribution in [0.25, 0.3) is 0 Å². The van der Waals surface area contributed by atoms with Gasteiger partial charge in [-0.1, -0.05) is 12.1 Å². The number of carboxylic acids is 1. The van der Waals surface area contributed by atoms with Crippen molar-refractivity contribution in [2.75, 3.05) is 13.2 Å². The van der Waals surface area contributed by atoms with E-state index in [9.17, 15) is 4.79 Å². The van der Waals surface area contributed by atoms with Crippen LogP contribution in [-0.4, -0.2) is 35.4 Å². The summed E-state index contributed by atoms with van der Waals surface area (Å²) >= 11 is 5.18. The Morgan fingerprint density at radius 2 is 2.10 bits per heavy atom. The second-order valence-corrected chi connectivity index (χ2v) is 5.11. The molecule has 1 aliphatic heterocycles. The van der Waals surface area contributed by atoms with Gasteiger partial charge in [0.15, 0.2) is 5.11 Å². The molecule has 0 aliphatic carbocycles. The van der Waals surface area contributed by atoms with Crippen molar-refractivity contribution < 1.29 is 14.6 Å². The molecule has 0 bridgehead atoms. The average Bonchev–Trinajstić information content (AvgIpc) is 2.96. The van der Waals surface area contributed by atoms with Crippen molar-refractivity contribution in [1.82, 2.24) is 10.6 Å². The number of carboxylic acid groups (broad SMARTS) is 1. The molecule has 1 unspecified atom stereocenters. The molecule has 6 heteroatoms. The standard InChI is InChI=1S/C14H18N2O3S/c17-13(18)11-5-3-10(4-6-11)8-15-14(20)16-9-12-2-1-7-19-12/h3-6,12H,1-2,7-9H2,(H,17,18)(H2,15,16,20). The molecule has 0 saturated carbocycles. The predicted octanol–water partition coefficient (Wildman–Crippen LogP) is 1.53. The minimum Gasteiger partial charge on any atom is -0.478 e. The van der Waals surface area contributed by atoms with Crippen molar-refractivity contribution in [3.05, 3.63) is 35.4 Å². The van der Waals surface area contributed by atoms with Gasteiger partial charge in [0.2, 0.25) is 0 Å². The Morgan fingerprint density at radius 3 is 2.70 bits per heavy atom. The number of carbonyl (C=O) groups is 1. The minimum absolute atomic E-state index is 0.254. The second kappa shape index (κ2) is 7.21. The van der Waals surface area contributed by atoms with E-state index in [0.29, 0.717) is 11.7 Å². The number of aromatic carboxylic acids is 1. The second-order valence-electron chi connectivity index (χ2n) is 4.70. The Balaban J connectivity index is 1.70. The van der Waals surface area contributed by atoms with Gasteiger partial charge in [-0.2, -0.15) is 0 Å². The normalized spacial score (nSPS) is 17.7. The van der Waals surface area contributed by atoms with E-state index in [1.54, 1.807) is 24.3 Å². The van der Waals surface area contributed by atoms with Gasteiger partial charge >= 0.3 is 5.97 Å². The highest BCUT2D eigenvalue weighted by atomic mass is 32.1. The fourth-order valence-corrected chi connectivity index (χ4v) is 2.18. The first-order chi connectivity index (χ1) is 9.65. The average molecular weight is 294 g/mol. The monoisotopic (exact) mass is 294 g/mol. The molecule has 1 aliphatic rings. The van der Waals surface area contributed by atoms with Gasteiger partial charge in [-0.05, 0) is 42.8 Å². The fraction of sp³-hybridized carbons (Fsp3) is 0.429. The number of nitrogens with one attached hydrogen (secondary N) is 2. The molecule has 2 rings (SSSR count). The highest BCUT2D eigenvalue weighted by molar-refractivity contribution is 7.80. The van der Waals surface area contributed by atoms with Gasteiger partial charge in [0.05, 0.1) is 11.7 Å². The third-order valence-corrected chi connectivity index (χ3v) is 3.46. The zero-order valence-electron chi connectivity index (χ0n) is 11.1. The molecule has 1 heterocycles. The zero-order chi connectivity index (χ0) is 14.4. The molecule has 0 spiro atoms. The molecule has 1 atom stereocenters. The summed E-state index contributed by atoms with van der Waals surface area (Å²) in [6.45, 7) is 2.13. The summed E-state index contributed by atoms with van der Waals surface area (Å²) in [5.41, 5.74) is 1.27. The van der Waals surface area contributed by atoms with E-state index in [0.717, 1.165) is 31.6 Å². The molecule has 1 aromatic rings. The lowest BCUT2D eigenvalue weighted by Crippen LogP contribution is -2.39. The van der Waals surface area contributed by atoms with Crippen LogP contribution in [0.15, 0.2) is 24.3 Å². The molecular weight excluding hydrogens is 276 g/mol. The minimum atomic E-state index is -0.918.